The maximum absolute atomic E-state index is 14.6. The van der Waals surface area contributed by atoms with Crippen LogP contribution in [0.1, 0.15) is 36.7 Å². The van der Waals surface area contributed by atoms with E-state index < -0.39 is 34.6 Å². The zero-order chi connectivity index (χ0) is 23.5. The molecule has 1 aliphatic rings. The van der Waals surface area contributed by atoms with Gasteiger partial charge in [-0.2, -0.15) is 13.2 Å². The van der Waals surface area contributed by atoms with Crippen molar-refractivity contribution in [2.75, 3.05) is 5.32 Å². The van der Waals surface area contributed by atoms with Gasteiger partial charge in [0.1, 0.15) is 23.0 Å². The molecular formula is C21H18F6N4O. The van der Waals surface area contributed by atoms with Gasteiger partial charge < -0.3 is 5.32 Å². The molecule has 0 unspecified atom stereocenters. The maximum Gasteiger partial charge on any atom is 0.412 e. The number of hydrogen-bond donors (Lipinski definition) is 1. The summed E-state index contributed by atoms with van der Waals surface area (Å²) in [6, 6.07) is 4.58. The number of pyridine rings is 1. The molecule has 1 N–H and O–H groups in total. The van der Waals surface area contributed by atoms with Crippen LogP contribution in [0.25, 0.3) is 10.9 Å². The van der Waals surface area contributed by atoms with Gasteiger partial charge in [-0.1, -0.05) is 18.2 Å². The molecular weight excluding hydrogens is 438 g/mol. The van der Waals surface area contributed by atoms with Crippen LogP contribution in [0.15, 0.2) is 35.3 Å². The molecule has 11 heteroatoms. The summed E-state index contributed by atoms with van der Waals surface area (Å²) in [5, 5.41) is 2.92. The number of benzene rings is 1. The molecule has 0 amide bonds. The minimum atomic E-state index is -4.61. The Bertz CT molecular complexity index is 1260. The molecule has 5 nitrogen and oxygen atoms in total. The predicted octanol–water partition coefficient (Wildman–Crippen LogP) is 5.01. The van der Waals surface area contributed by atoms with Crippen LogP contribution in [-0.2, 0) is 18.0 Å². The number of alkyl halides is 5. The van der Waals surface area contributed by atoms with E-state index in [-0.39, 0.29) is 47.5 Å². The summed E-state index contributed by atoms with van der Waals surface area (Å²) < 4.78 is 83.1. The van der Waals surface area contributed by atoms with Gasteiger partial charge in [-0.25, -0.2) is 23.1 Å². The fraction of sp³-hybridized carbons (Fsp3) is 0.381. The average molecular weight is 456 g/mol. The zero-order valence-electron chi connectivity index (χ0n) is 17.0. The third-order valence-corrected chi connectivity index (χ3v) is 5.55. The number of aromatic nitrogens is 3. The number of anilines is 1. The van der Waals surface area contributed by atoms with E-state index in [1.54, 1.807) is 0 Å². The van der Waals surface area contributed by atoms with Crippen LogP contribution in [0.4, 0.5) is 32.2 Å². The molecule has 0 radical (unpaired) electrons. The van der Waals surface area contributed by atoms with Crippen LogP contribution in [0.2, 0.25) is 0 Å². The van der Waals surface area contributed by atoms with Crippen molar-refractivity contribution < 1.29 is 26.3 Å². The van der Waals surface area contributed by atoms with Crippen molar-refractivity contribution in [1.29, 1.82) is 0 Å². The maximum atomic E-state index is 14.6. The average Bonchev–Trinajstić information content (AvgIpc) is 3.47. The quantitative estimate of drug-likeness (QED) is 0.548. The van der Waals surface area contributed by atoms with Crippen molar-refractivity contribution in [3.63, 3.8) is 0 Å². The van der Waals surface area contributed by atoms with Gasteiger partial charge in [0, 0.05) is 31.3 Å². The van der Waals surface area contributed by atoms with Gasteiger partial charge in [0.2, 0.25) is 0 Å². The standard InChI is InChI=1S/C21H18F6N4O/c1-11-29-15-8-16(32)31(20(6-7-20)21(25,26)27)10-13(15)18(30-11)28-9-12-4-3-5-14(17(12)22)19(2,23)24/h3-5,8,10H,6-7,9H2,1-2H3,(H,28,29,30). The Kier molecular flexibility index (Phi) is 4.98. The SMILES string of the molecule is Cc1nc(NCc2cccc(C(C)(F)F)c2F)c2cn(C3(C(F)(F)F)CC3)c(=O)cc2n1. The third kappa shape index (κ3) is 3.69. The van der Waals surface area contributed by atoms with Crippen molar-refractivity contribution in [3.8, 4) is 0 Å². The molecule has 1 aliphatic carbocycles. The largest absolute Gasteiger partial charge is 0.412 e. The molecule has 32 heavy (non-hydrogen) atoms. The molecule has 0 spiro atoms. The third-order valence-electron chi connectivity index (χ3n) is 5.55. The summed E-state index contributed by atoms with van der Waals surface area (Å²) >= 11 is 0. The Morgan fingerprint density at radius 2 is 1.84 bits per heavy atom. The summed E-state index contributed by atoms with van der Waals surface area (Å²) in [7, 11) is 0. The smallest absolute Gasteiger partial charge is 0.365 e. The Morgan fingerprint density at radius 3 is 2.44 bits per heavy atom. The Balaban J connectivity index is 1.76. The van der Waals surface area contributed by atoms with E-state index in [9.17, 15) is 31.1 Å². The van der Waals surface area contributed by atoms with Gasteiger partial charge in [-0.15, -0.1) is 0 Å². The number of hydrogen-bond acceptors (Lipinski definition) is 4. The van der Waals surface area contributed by atoms with Gasteiger partial charge in [-0.3, -0.25) is 9.36 Å². The number of halogens is 6. The van der Waals surface area contributed by atoms with Gasteiger partial charge in [-0.05, 0) is 19.8 Å². The van der Waals surface area contributed by atoms with Gasteiger partial charge >= 0.3 is 6.18 Å². The zero-order valence-corrected chi connectivity index (χ0v) is 17.0. The van der Waals surface area contributed by atoms with Crippen LogP contribution in [0.5, 0.6) is 0 Å². The molecule has 2 heterocycles. The van der Waals surface area contributed by atoms with Crippen molar-refractivity contribution >= 4 is 16.7 Å². The van der Waals surface area contributed by atoms with E-state index in [1.165, 1.54) is 19.1 Å². The highest BCUT2D eigenvalue weighted by Gasteiger charge is 2.65. The molecule has 1 fully saturated rings. The highest BCUT2D eigenvalue weighted by Crippen LogP contribution is 2.54. The second-order valence-corrected chi connectivity index (χ2v) is 7.95. The lowest BCUT2D eigenvalue weighted by atomic mass is 10.0. The van der Waals surface area contributed by atoms with Crippen LogP contribution >= 0.6 is 0 Å². The van der Waals surface area contributed by atoms with Crippen LogP contribution in [-0.4, -0.2) is 20.7 Å². The molecule has 0 bridgehead atoms. The molecule has 3 aromatic rings. The molecule has 2 aromatic heterocycles. The van der Waals surface area contributed by atoms with E-state index in [1.807, 2.05) is 0 Å². The molecule has 1 aromatic carbocycles. The van der Waals surface area contributed by atoms with Gasteiger partial charge in [0.15, 0.2) is 0 Å². The number of rotatable bonds is 5. The fourth-order valence-corrected chi connectivity index (χ4v) is 3.70. The highest BCUT2D eigenvalue weighted by molar-refractivity contribution is 5.88. The first-order chi connectivity index (χ1) is 14.8. The normalized spacial score (nSPS) is 15.8. The Labute approximate surface area is 178 Å². The number of fused-ring (bicyclic) bond motifs is 1. The highest BCUT2D eigenvalue weighted by atomic mass is 19.4. The Morgan fingerprint density at radius 1 is 1.16 bits per heavy atom. The molecule has 0 saturated heterocycles. The van der Waals surface area contributed by atoms with Crippen molar-refractivity contribution in [2.24, 2.45) is 0 Å². The van der Waals surface area contributed by atoms with Crippen molar-refractivity contribution in [3.05, 3.63) is 63.6 Å². The van der Waals surface area contributed by atoms with E-state index in [0.29, 0.717) is 11.5 Å². The van der Waals surface area contributed by atoms with E-state index in [0.717, 1.165) is 18.3 Å². The lowest BCUT2D eigenvalue weighted by Crippen LogP contribution is -2.41. The van der Waals surface area contributed by atoms with Crippen molar-refractivity contribution in [2.45, 2.75) is 50.9 Å². The topological polar surface area (TPSA) is 59.8 Å². The minimum Gasteiger partial charge on any atom is -0.365 e. The summed E-state index contributed by atoms with van der Waals surface area (Å²) in [6.45, 7) is 1.84. The predicted molar refractivity (Wildman–Crippen MR) is 105 cm³/mol. The van der Waals surface area contributed by atoms with Gasteiger partial charge in [0.05, 0.1) is 16.5 Å². The minimum absolute atomic E-state index is 0.0623. The van der Waals surface area contributed by atoms with Gasteiger partial charge in [0.25, 0.3) is 11.5 Å². The number of aryl methyl sites for hydroxylation is 1. The number of nitrogens with zero attached hydrogens (tertiary/aromatic N) is 3. The fourth-order valence-electron chi connectivity index (χ4n) is 3.70. The van der Waals surface area contributed by atoms with E-state index in [2.05, 4.69) is 15.3 Å². The lowest BCUT2D eigenvalue weighted by Gasteiger charge is -2.22. The molecule has 0 atom stereocenters. The molecule has 4 rings (SSSR count). The molecule has 1 saturated carbocycles. The van der Waals surface area contributed by atoms with Crippen LogP contribution < -0.4 is 10.9 Å². The first kappa shape index (κ1) is 22.1. The first-order valence-electron chi connectivity index (χ1n) is 9.71. The van der Waals surface area contributed by atoms with E-state index in [4.69, 9.17) is 0 Å². The lowest BCUT2D eigenvalue weighted by molar-refractivity contribution is -0.180. The Hall–Kier alpha value is -3.11. The van der Waals surface area contributed by atoms with Crippen LogP contribution in [0, 0.1) is 12.7 Å². The van der Waals surface area contributed by atoms with Crippen LogP contribution in [0.3, 0.4) is 0 Å². The number of nitrogens with one attached hydrogen (secondary N) is 1. The second kappa shape index (κ2) is 7.21. The second-order valence-electron chi connectivity index (χ2n) is 7.95. The van der Waals surface area contributed by atoms with Crippen molar-refractivity contribution in [1.82, 2.24) is 14.5 Å². The summed E-state index contributed by atoms with van der Waals surface area (Å²) in [5.74, 6) is -4.19. The first-order valence-corrected chi connectivity index (χ1v) is 9.71. The summed E-state index contributed by atoms with van der Waals surface area (Å²) in [6.07, 6.45) is -4.01. The summed E-state index contributed by atoms with van der Waals surface area (Å²) in [4.78, 5) is 20.7. The summed E-state index contributed by atoms with van der Waals surface area (Å²) in [5.41, 5.74) is -3.84. The van der Waals surface area contributed by atoms with E-state index >= 15 is 0 Å². The molecule has 170 valence electrons. The monoisotopic (exact) mass is 456 g/mol. The molecule has 0 aliphatic heterocycles.